The van der Waals surface area contributed by atoms with Crippen molar-refractivity contribution in [2.24, 2.45) is 0 Å². The average molecular weight is 497 g/mol. The van der Waals surface area contributed by atoms with Gasteiger partial charge in [-0.05, 0) is 53.6 Å². The van der Waals surface area contributed by atoms with Crippen LogP contribution in [0.5, 0.6) is 0 Å². The second-order valence-corrected chi connectivity index (χ2v) is 10.0. The van der Waals surface area contributed by atoms with Gasteiger partial charge in [-0.25, -0.2) is 9.78 Å². The maximum absolute atomic E-state index is 13.7. The Morgan fingerprint density at radius 1 is 0.892 bits per heavy atom. The highest BCUT2D eigenvalue weighted by atomic mass is 16.2. The molecule has 0 spiro atoms. The van der Waals surface area contributed by atoms with Gasteiger partial charge in [0.1, 0.15) is 5.82 Å². The number of para-hydroxylation sites is 3. The highest BCUT2D eigenvalue weighted by molar-refractivity contribution is 5.91. The summed E-state index contributed by atoms with van der Waals surface area (Å²) in [6.07, 6.45) is 0.588. The zero-order valence-corrected chi connectivity index (χ0v) is 22.5. The number of amides is 2. The minimum absolute atomic E-state index is 0.147. The molecule has 0 aliphatic heterocycles. The Kier molecular flexibility index (Phi) is 7.77. The quantitative estimate of drug-likeness (QED) is 0.293. The highest BCUT2D eigenvalue weighted by Crippen LogP contribution is 2.33. The topological polar surface area (TPSA) is 67.2 Å². The molecule has 192 valence electrons. The molecule has 0 saturated carbocycles. The van der Waals surface area contributed by atoms with E-state index >= 15 is 0 Å². The predicted molar refractivity (Wildman–Crippen MR) is 152 cm³/mol. The maximum Gasteiger partial charge on any atom is 0.322 e. The molecule has 1 atom stereocenters. The lowest BCUT2D eigenvalue weighted by Gasteiger charge is -2.30. The van der Waals surface area contributed by atoms with Gasteiger partial charge in [-0.3, -0.25) is 9.36 Å². The first-order valence-electron chi connectivity index (χ1n) is 13.0. The summed E-state index contributed by atoms with van der Waals surface area (Å²) in [6, 6.07) is 22.4. The predicted octanol–water partition coefficient (Wildman–Crippen LogP) is 7.25. The van der Waals surface area contributed by atoms with E-state index in [1.165, 1.54) is 0 Å². The first-order chi connectivity index (χ1) is 17.7. The van der Waals surface area contributed by atoms with Gasteiger partial charge in [0, 0.05) is 12.7 Å². The lowest BCUT2D eigenvalue weighted by molar-refractivity contribution is 0.199. The molecule has 0 bridgehead atoms. The Morgan fingerprint density at radius 2 is 1.49 bits per heavy atom. The average Bonchev–Trinajstić information content (AvgIpc) is 2.89. The fraction of sp³-hybridized carbons (Fsp3) is 0.323. The van der Waals surface area contributed by atoms with Crippen molar-refractivity contribution in [2.45, 2.75) is 58.9 Å². The number of fused-ring (bicyclic) bond motifs is 1. The summed E-state index contributed by atoms with van der Waals surface area (Å²) < 4.78 is 1.64. The number of nitrogens with zero attached hydrogens (tertiary/aromatic N) is 3. The van der Waals surface area contributed by atoms with Gasteiger partial charge in [-0.1, -0.05) is 83.1 Å². The Labute approximate surface area is 219 Å². The Hall–Kier alpha value is -3.93. The minimum atomic E-state index is -0.425. The second-order valence-electron chi connectivity index (χ2n) is 10.0. The molecule has 1 unspecified atom stereocenters. The first kappa shape index (κ1) is 26.1. The molecule has 37 heavy (non-hydrogen) atoms. The van der Waals surface area contributed by atoms with Gasteiger partial charge in [0.25, 0.3) is 5.56 Å². The van der Waals surface area contributed by atoms with Crippen LogP contribution in [0.25, 0.3) is 16.6 Å². The lowest BCUT2D eigenvalue weighted by atomic mass is 9.93. The Balaban J connectivity index is 1.81. The first-order valence-corrected chi connectivity index (χ1v) is 13.0. The van der Waals surface area contributed by atoms with Crippen molar-refractivity contribution in [2.75, 3.05) is 12.4 Å². The van der Waals surface area contributed by atoms with Gasteiger partial charge >= 0.3 is 6.03 Å². The molecule has 3 aromatic carbocycles. The van der Waals surface area contributed by atoms with E-state index in [0.717, 1.165) is 22.5 Å². The van der Waals surface area contributed by atoms with Gasteiger partial charge in [-0.2, -0.15) is 0 Å². The van der Waals surface area contributed by atoms with E-state index < -0.39 is 6.04 Å². The van der Waals surface area contributed by atoms with Crippen LogP contribution in [-0.2, 0) is 0 Å². The van der Waals surface area contributed by atoms with Crippen molar-refractivity contribution in [3.8, 4) is 5.69 Å². The summed E-state index contributed by atoms with van der Waals surface area (Å²) in [7, 11) is 1.77. The molecule has 0 fully saturated rings. The number of aromatic nitrogens is 2. The van der Waals surface area contributed by atoms with Crippen LogP contribution in [0.4, 0.5) is 10.5 Å². The summed E-state index contributed by atoms with van der Waals surface area (Å²) in [4.78, 5) is 34.0. The number of anilines is 1. The zero-order chi connectivity index (χ0) is 26.7. The summed E-state index contributed by atoms with van der Waals surface area (Å²) >= 11 is 0. The van der Waals surface area contributed by atoms with Crippen LogP contribution in [0.2, 0.25) is 0 Å². The van der Waals surface area contributed by atoms with Crippen molar-refractivity contribution in [1.29, 1.82) is 0 Å². The minimum Gasteiger partial charge on any atom is -0.317 e. The summed E-state index contributed by atoms with van der Waals surface area (Å²) in [5, 5.41) is 3.75. The molecule has 4 rings (SSSR count). The van der Waals surface area contributed by atoms with Crippen LogP contribution in [0, 0.1) is 0 Å². The number of urea groups is 1. The largest absolute Gasteiger partial charge is 0.322 e. The molecule has 0 radical (unpaired) electrons. The van der Waals surface area contributed by atoms with Crippen LogP contribution in [-0.4, -0.2) is 27.5 Å². The van der Waals surface area contributed by atoms with Gasteiger partial charge in [-0.15, -0.1) is 0 Å². The molecule has 0 aliphatic carbocycles. The highest BCUT2D eigenvalue weighted by Gasteiger charge is 2.27. The third-order valence-corrected chi connectivity index (χ3v) is 6.89. The van der Waals surface area contributed by atoms with E-state index in [4.69, 9.17) is 4.98 Å². The van der Waals surface area contributed by atoms with Crippen LogP contribution < -0.4 is 10.9 Å². The summed E-state index contributed by atoms with van der Waals surface area (Å²) in [5.74, 6) is 1.05. The molecule has 4 aromatic rings. The number of carbonyl (C=O) groups excluding carboxylic acids is 1. The molecule has 6 nitrogen and oxygen atoms in total. The molecule has 1 aromatic heterocycles. The second kappa shape index (κ2) is 11.0. The number of rotatable bonds is 7. The van der Waals surface area contributed by atoms with Crippen LogP contribution in [0.3, 0.4) is 0 Å². The van der Waals surface area contributed by atoms with Crippen molar-refractivity contribution in [1.82, 2.24) is 14.5 Å². The summed E-state index contributed by atoms with van der Waals surface area (Å²) in [6.45, 7) is 10.5. The third-order valence-electron chi connectivity index (χ3n) is 6.89. The van der Waals surface area contributed by atoms with E-state index in [1.54, 1.807) is 22.6 Å². The monoisotopic (exact) mass is 496 g/mol. The van der Waals surface area contributed by atoms with Gasteiger partial charge in [0.05, 0.1) is 22.6 Å². The Bertz CT molecular complexity index is 1430. The molecular weight excluding hydrogens is 460 g/mol. The van der Waals surface area contributed by atoms with Gasteiger partial charge in [0.15, 0.2) is 0 Å². The number of carbonyl (C=O) groups is 1. The SMILES string of the molecule is CCC(c1nc2ccccc2c(=O)n1-c1ccccc1)N(C)C(=O)Nc1c(C(C)C)cccc1C(C)C. The molecule has 1 N–H and O–H groups in total. The van der Waals surface area contributed by atoms with E-state index in [1.807, 2.05) is 55.5 Å². The van der Waals surface area contributed by atoms with Crippen molar-refractivity contribution in [3.63, 3.8) is 0 Å². The fourth-order valence-electron chi connectivity index (χ4n) is 4.86. The van der Waals surface area contributed by atoms with E-state index in [-0.39, 0.29) is 23.4 Å². The van der Waals surface area contributed by atoms with E-state index in [0.29, 0.717) is 23.1 Å². The smallest absolute Gasteiger partial charge is 0.317 e. The molecule has 2 amide bonds. The molecular formula is C31H36N4O2. The third kappa shape index (κ3) is 5.15. The van der Waals surface area contributed by atoms with Crippen LogP contribution in [0.1, 0.15) is 75.9 Å². The van der Waals surface area contributed by atoms with E-state index in [2.05, 4.69) is 51.2 Å². The van der Waals surface area contributed by atoms with Crippen LogP contribution >= 0.6 is 0 Å². The zero-order valence-electron chi connectivity index (χ0n) is 22.5. The van der Waals surface area contributed by atoms with Crippen LogP contribution in [0.15, 0.2) is 77.6 Å². The Morgan fingerprint density at radius 3 is 2.08 bits per heavy atom. The van der Waals surface area contributed by atoms with Gasteiger partial charge in [0.2, 0.25) is 0 Å². The van der Waals surface area contributed by atoms with Crippen molar-refractivity contribution >= 4 is 22.6 Å². The van der Waals surface area contributed by atoms with Crippen molar-refractivity contribution in [3.05, 3.63) is 100 Å². The maximum atomic E-state index is 13.7. The lowest BCUT2D eigenvalue weighted by Crippen LogP contribution is -2.38. The normalized spacial score (nSPS) is 12.2. The number of hydrogen-bond donors (Lipinski definition) is 1. The van der Waals surface area contributed by atoms with Gasteiger partial charge < -0.3 is 10.2 Å². The number of hydrogen-bond acceptors (Lipinski definition) is 3. The number of nitrogens with one attached hydrogen (secondary N) is 1. The summed E-state index contributed by atoms with van der Waals surface area (Å²) in [5.41, 5.74) is 4.27. The molecule has 1 heterocycles. The molecule has 0 aliphatic rings. The fourth-order valence-corrected chi connectivity index (χ4v) is 4.86. The molecule has 0 saturated heterocycles. The van der Waals surface area contributed by atoms with E-state index in [9.17, 15) is 9.59 Å². The standard InChI is InChI=1S/C31H36N4O2/c1-7-27(34(6)31(37)33-28-23(20(2)3)17-13-18-24(28)21(4)5)29-32-26-19-12-11-16-25(26)30(36)35(29)22-14-9-8-10-15-22/h8-21,27H,7H2,1-6H3,(H,33,37). The van der Waals surface area contributed by atoms with Crippen molar-refractivity contribution < 1.29 is 4.79 Å². The number of benzene rings is 3. The molecule has 6 heteroatoms.